The largest absolute Gasteiger partial charge is 0.504 e. The molecule has 0 aromatic heterocycles. The lowest BCUT2D eigenvalue weighted by Gasteiger charge is -2.18. The van der Waals surface area contributed by atoms with Crippen LogP contribution in [0.1, 0.15) is 31.9 Å². The highest BCUT2D eigenvalue weighted by Crippen LogP contribution is 2.38. The summed E-state index contributed by atoms with van der Waals surface area (Å²) in [7, 11) is 0. The molecule has 1 heterocycles. The molecule has 1 amide bonds. The molecule has 156 valence electrons. The first kappa shape index (κ1) is 21.2. The van der Waals surface area contributed by atoms with Gasteiger partial charge in [-0.15, -0.1) is 0 Å². The van der Waals surface area contributed by atoms with Crippen LogP contribution in [0.5, 0.6) is 11.5 Å². The summed E-state index contributed by atoms with van der Waals surface area (Å²) in [4.78, 5) is 27.5. The Balaban J connectivity index is 2.14. The van der Waals surface area contributed by atoms with E-state index < -0.39 is 5.97 Å². The lowest BCUT2D eigenvalue weighted by Crippen LogP contribution is -2.24. The molecule has 1 aliphatic heterocycles. The lowest BCUT2D eigenvalue weighted by molar-refractivity contribution is -0.138. The molecule has 30 heavy (non-hydrogen) atoms. The highest BCUT2D eigenvalue weighted by atomic mass is 16.5. The van der Waals surface area contributed by atoms with Gasteiger partial charge in [-0.1, -0.05) is 29.8 Å². The molecule has 6 heteroatoms. The van der Waals surface area contributed by atoms with Crippen molar-refractivity contribution in [1.82, 2.24) is 0 Å². The van der Waals surface area contributed by atoms with Gasteiger partial charge < -0.3 is 14.6 Å². The summed E-state index contributed by atoms with van der Waals surface area (Å²) < 4.78 is 10.6. The maximum atomic E-state index is 13.3. The molecule has 0 saturated heterocycles. The molecule has 0 saturated carbocycles. The van der Waals surface area contributed by atoms with E-state index in [1.165, 1.54) is 11.0 Å². The number of carbonyl (C=O) groups excluding carboxylic acids is 2. The molecule has 0 aliphatic carbocycles. The van der Waals surface area contributed by atoms with Crippen LogP contribution >= 0.6 is 0 Å². The van der Waals surface area contributed by atoms with Crippen LogP contribution in [0.3, 0.4) is 0 Å². The third-order valence-corrected chi connectivity index (χ3v) is 4.80. The summed E-state index contributed by atoms with van der Waals surface area (Å²) in [5, 5.41) is 10.5. The highest BCUT2D eigenvalue weighted by Gasteiger charge is 2.38. The fourth-order valence-electron chi connectivity index (χ4n) is 3.37. The minimum absolute atomic E-state index is 0.0886. The number of phenolic OH excluding ortho intramolecular Hbond substituents is 1. The molecule has 6 nitrogen and oxygen atoms in total. The normalized spacial score (nSPS) is 15.1. The summed E-state index contributed by atoms with van der Waals surface area (Å²) >= 11 is 0. The zero-order valence-corrected chi connectivity index (χ0v) is 17.6. The number of nitrogens with zero attached hydrogens (tertiary/aromatic N) is 1. The Labute approximate surface area is 176 Å². The highest BCUT2D eigenvalue weighted by molar-refractivity contribution is 6.24. The SMILES string of the molecule is CCOC(=O)C1=C(C)N(c2ccc(C)cc2)C(=O)/C1=C\c1cccc(OCC)c1O. The number of aromatic hydroxyl groups is 1. The second-order valence-corrected chi connectivity index (χ2v) is 6.84. The van der Waals surface area contributed by atoms with E-state index in [1.54, 1.807) is 32.0 Å². The van der Waals surface area contributed by atoms with Crippen molar-refractivity contribution in [3.05, 3.63) is 70.4 Å². The minimum Gasteiger partial charge on any atom is -0.504 e. The fourth-order valence-corrected chi connectivity index (χ4v) is 3.37. The quantitative estimate of drug-likeness (QED) is 0.569. The number of para-hydroxylation sites is 1. The molecule has 2 aromatic rings. The number of phenols is 1. The topological polar surface area (TPSA) is 76.1 Å². The molecule has 0 atom stereocenters. The maximum absolute atomic E-state index is 13.3. The van der Waals surface area contributed by atoms with Crippen molar-refractivity contribution in [2.24, 2.45) is 0 Å². The monoisotopic (exact) mass is 407 g/mol. The average molecular weight is 407 g/mol. The number of amides is 1. The molecular weight excluding hydrogens is 382 g/mol. The van der Waals surface area contributed by atoms with Crippen LogP contribution < -0.4 is 9.64 Å². The van der Waals surface area contributed by atoms with Gasteiger partial charge >= 0.3 is 5.97 Å². The summed E-state index contributed by atoms with van der Waals surface area (Å²) in [5.41, 5.74) is 2.92. The summed E-state index contributed by atoms with van der Waals surface area (Å²) in [6.07, 6.45) is 1.50. The number of carbonyl (C=O) groups is 2. The van der Waals surface area contributed by atoms with Gasteiger partial charge in [0.15, 0.2) is 11.5 Å². The molecule has 2 aromatic carbocycles. The minimum atomic E-state index is -0.579. The molecule has 0 unspecified atom stereocenters. The van der Waals surface area contributed by atoms with E-state index in [9.17, 15) is 14.7 Å². The second kappa shape index (κ2) is 8.86. The maximum Gasteiger partial charge on any atom is 0.340 e. The van der Waals surface area contributed by atoms with Gasteiger partial charge in [0.2, 0.25) is 0 Å². The van der Waals surface area contributed by atoms with Crippen molar-refractivity contribution >= 4 is 23.6 Å². The first-order chi connectivity index (χ1) is 14.4. The molecule has 0 bridgehead atoms. The van der Waals surface area contributed by atoms with Crippen molar-refractivity contribution in [3.63, 3.8) is 0 Å². The van der Waals surface area contributed by atoms with E-state index in [0.29, 0.717) is 29.3 Å². The van der Waals surface area contributed by atoms with Gasteiger partial charge in [0.05, 0.1) is 24.4 Å². The lowest BCUT2D eigenvalue weighted by atomic mass is 10.0. The Bertz CT molecular complexity index is 1030. The standard InChI is InChI=1S/C24H25NO5/c1-5-29-20-9-7-8-17(22(20)26)14-19-21(24(28)30-6-2)16(4)25(23(19)27)18-12-10-15(3)11-13-18/h7-14,26H,5-6H2,1-4H3/b19-14-. The van der Waals surface area contributed by atoms with Crippen LogP contribution in [-0.4, -0.2) is 30.2 Å². The van der Waals surface area contributed by atoms with Crippen molar-refractivity contribution in [3.8, 4) is 11.5 Å². The number of anilines is 1. The predicted octanol–water partition coefficient (Wildman–Crippen LogP) is 4.37. The number of aryl methyl sites for hydroxylation is 1. The van der Waals surface area contributed by atoms with Gasteiger partial charge in [-0.3, -0.25) is 9.69 Å². The van der Waals surface area contributed by atoms with E-state index >= 15 is 0 Å². The van der Waals surface area contributed by atoms with Crippen LogP contribution in [0, 0.1) is 6.92 Å². The van der Waals surface area contributed by atoms with Gasteiger partial charge in [-0.25, -0.2) is 4.79 Å². The zero-order chi connectivity index (χ0) is 21.8. The predicted molar refractivity (Wildman–Crippen MR) is 115 cm³/mol. The number of hydrogen-bond acceptors (Lipinski definition) is 5. The Morgan fingerprint density at radius 1 is 1.07 bits per heavy atom. The van der Waals surface area contributed by atoms with Crippen LogP contribution in [0.4, 0.5) is 5.69 Å². The molecule has 1 aliphatic rings. The smallest absolute Gasteiger partial charge is 0.340 e. The van der Waals surface area contributed by atoms with E-state index in [-0.39, 0.29) is 29.4 Å². The average Bonchev–Trinajstić information content (AvgIpc) is 2.96. The Hall–Kier alpha value is -3.54. The molecule has 0 radical (unpaired) electrons. The number of ether oxygens (including phenoxy) is 2. The van der Waals surface area contributed by atoms with Crippen LogP contribution in [0.2, 0.25) is 0 Å². The molecule has 0 spiro atoms. The number of rotatable bonds is 6. The Morgan fingerprint density at radius 3 is 2.40 bits per heavy atom. The van der Waals surface area contributed by atoms with Crippen LogP contribution in [0.15, 0.2) is 59.3 Å². The van der Waals surface area contributed by atoms with Gasteiger partial charge in [0, 0.05) is 16.9 Å². The van der Waals surface area contributed by atoms with E-state index in [2.05, 4.69) is 0 Å². The van der Waals surface area contributed by atoms with Crippen molar-refractivity contribution < 1.29 is 24.2 Å². The summed E-state index contributed by atoms with van der Waals surface area (Å²) in [6.45, 7) is 7.77. The van der Waals surface area contributed by atoms with Crippen LogP contribution in [0.25, 0.3) is 6.08 Å². The summed E-state index contributed by atoms with van der Waals surface area (Å²) in [5.74, 6) is -0.717. The van der Waals surface area contributed by atoms with Gasteiger partial charge in [-0.2, -0.15) is 0 Å². The second-order valence-electron chi connectivity index (χ2n) is 6.84. The third-order valence-electron chi connectivity index (χ3n) is 4.80. The molecule has 0 fully saturated rings. The number of esters is 1. The number of benzene rings is 2. The van der Waals surface area contributed by atoms with Gasteiger partial charge in [-0.05, 0) is 52.0 Å². The molecule has 3 rings (SSSR count). The fraction of sp³-hybridized carbons (Fsp3) is 0.250. The van der Waals surface area contributed by atoms with Crippen molar-refractivity contribution in [2.45, 2.75) is 27.7 Å². The Kier molecular flexibility index (Phi) is 6.26. The van der Waals surface area contributed by atoms with Gasteiger partial charge in [0.25, 0.3) is 5.91 Å². The van der Waals surface area contributed by atoms with E-state index in [4.69, 9.17) is 9.47 Å². The van der Waals surface area contributed by atoms with E-state index in [0.717, 1.165) is 5.56 Å². The summed E-state index contributed by atoms with van der Waals surface area (Å²) in [6, 6.07) is 12.5. The van der Waals surface area contributed by atoms with Crippen molar-refractivity contribution in [2.75, 3.05) is 18.1 Å². The van der Waals surface area contributed by atoms with Gasteiger partial charge in [0.1, 0.15) is 0 Å². The third kappa shape index (κ3) is 3.94. The first-order valence-electron chi connectivity index (χ1n) is 9.85. The number of hydrogen-bond donors (Lipinski definition) is 1. The zero-order valence-electron chi connectivity index (χ0n) is 17.6. The molecule has 1 N–H and O–H groups in total. The van der Waals surface area contributed by atoms with Crippen molar-refractivity contribution in [1.29, 1.82) is 0 Å². The van der Waals surface area contributed by atoms with Crippen LogP contribution in [-0.2, 0) is 14.3 Å². The molecular formula is C24H25NO5. The Morgan fingerprint density at radius 2 is 1.77 bits per heavy atom. The van der Waals surface area contributed by atoms with E-state index in [1.807, 2.05) is 38.1 Å². The first-order valence-corrected chi connectivity index (χ1v) is 9.85. The number of allylic oxidation sites excluding steroid dienone is 1.